The van der Waals surface area contributed by atoms with Crippen molar-refractivity contribution < 1.29 is 19.1 Å². The van der Waals surface area contributed by atoms with Crippen molar-refractivity contribution in [1.29, 1.82) is 0 Å². The number of nitrogens with zero attached hydrogens (tertiary/aromatic N) is 1. The predicted octanol–water partition coefficient (Wildman–Crippen LogP) is 4.23. The molecule has 2 aromatic rings. The molecule has 1 aliphatic heterocycles. The second kappa shape index (κ2) is 9.33. The van der Waals surface area contributed by atoms with Crippen LogP contribution in [0.2, 0.25) is 0 Å². The average Bonchev–Trinajstić information content (AvgIpc) is 3.27. The van der Waals surface area contributed by atoms with Gasteiger partial charge < -0.3 is 15.0 Å². The largest absolute Gasteiger partial charge is 0.454 e. The second-order valence-electron chi connectivity index (χ2n) is 8.34. The van der Waals surface area contributed by atoms with Gasteiger partial charge in [-0.2, -0.15) is 0 Å². The standard InChI is InChI=1S/C25H28N2O4/c1-17(23(28)21-11-10-18-6-5-7-20(18)16-21)31-24(29)19-12-14-27(15-13-19)25(30)26-22-8-3-2-4-9-22/h2-4,8-11,16-17,19H,5-7,12-15H2,1H3,(H,26,30)/t17-/m0/s1. The van der Waals surface area contributed by atoms with Crippen LogP contribution < -0.4 is 5.32 Å². The van der Waals surface area contributed by atoms with Gasteiger partial charge in [0.1, 0.15) is 0 Å². The number of likely N-dealkylation sites (tertiary alicyclic amines) is 1. The summed E-state index contributed by atoms with van der Waals surface area (Å²) in [5.41, 5.74) is 3.89. The molecule has 162 valence electrons. The molecule has 1 aliphatic carbocycles. The molecule has 1 fully saturated rings. The van der Waals surface area contributed by atoms with Crippen molar-refractivity contribution in [3.05, 3.63) is 65.2 Å². The number of carbonyl (C=O) groups excluding carboxylic acids is 3. The van der Waals surface area contributed by atoms with E-state index in [1.165, 1.54) is 11.1 Å². The molecule has 1 N–H and O–H groups in total. The smallest absolute Gasteiger partial charge is 0.321 e. The van der Waals surface area contributed by atoms with Crippen molar-refractivity contribution in [2.24, 2.45) is 5.92 Å². The lowest BCUT2D eigenvalue weighted by Gasteiger charge is -2.31. The zero-order chi connectivity index (χ0) is 21.8. The quantitative estimate of drug-likeness (QED) is 0.580. The predicted molar refractivity (Wildman–Crippen MR) is 118 cm³/mol. The summed E-state index contributed by atoms with van der Waals surface area (Å²) in [4.78, 5) is 39.5. The highest BCUT2D eigenvalue weighted by molar-refractivity contribution is 6.00. The Hall–Kier alpha value is -3.15. The number of nitrogens with one attached hydrogen (secondary N) is 1. The summed E-state index contributed by atoms with van der Waals surface area (Å²) in [6, 6.07) is 14.9. The molecule has 0 saturated carbocycles. The van der Waals surface area contributed by atoms with Crippen molar-refractivity contribution in [2.45, 2.75) is 45.1 Å². The maximum Gasteiger partial charge on any atom is 0.321 e. The van der Waals surface area contributed by atoms with Gasteiger partial charge in [0.25, 0.3) is 0 Å². The topological polar surface area (TPSA) is 75.7 Å². The van der Waals surface area contributed by atoms with Gasteiger partial charge >= 0.3 is 12.0 Å². The van der Waals surface area contributed by atoms with E-state index in [-0.39, 0.29) is 23.7 Å². The number of hydrogen-bond acceptors (Lipinski definition) is 4. The van der Waals surface area contributed by atoms with E-state index in [1.54, 1.807) is 11.8 Å². The lowest BCUT2D eigenvalue weighted by molar-refractivity contribution is -0.152. The molecule has 0 unspecified atom stereocenters. The minimum absolute atomic E-state index is 0.164. The molecular weight excluding hydrogens is 392 g/mol. The monoisotopic (exact) mass is 420 g/mol. The summed E-state index contributed by atoms with van der Waals surface area (Å²) in [6.07, 6.45) is 3.44. The molecule has 2 aromatic carbocycles. The Morgan fingerprint density at radius 1 is 1.00 bits per heavy atom. The number of anilines is 1. The van der Waals surface area contributed by atoms with Crippen molar-refractivity contribution in [3.63, 3.8) is 0 Å². The number of piperidine rings is 1. The summed E-state index contributed by atoms with van der Waals surface area (Å²) in [7, 11) is 0. The van der Waals surface area contributed by atoms with Gasteiger partial charge in [-0.3, -0.25) is 9.59 Å². The Morgan fingerprint density at radius 3 is 2.45 bits per heavy atom. The fourth-order valence-corrected chi connectivity index (χ4v) is 4.33. The number of hydrogen-bond donors (Lipinski definition) is 1. The van der Waals surface area contributed by atoms with Crippen LogP contribution in [0.1, 0.15) is 47.7 Å². The zero-order valence-electron chi connectivity index (χ0n) is 17.8. The van der Waals surface area contributed by atoms with E-state index in [1.807, 2.05) is 48.5 Å². The molecule has 1 heterocycles. The number of ketones is 1. The molecule has 2 amide bonds. The molecule has 1 saturated heterocycles. The van der Waals surface area contributed by atoms with Crippen molar-refractivity contribution in [2.75, 3.05) is 18.4 Å². The first-order valence-electron chi connectivity index (χ1n) is 11.0. The lowest BCUT2D eigenvalue weighted by Crippen LogP contribution is -2.43. The number of Topliss-reactive ketones (excluding diaryl/α,β-unsaturated/α-hetero) is 1. The summed E-state index contributed by atoms with van der Waals surface area (Å²) in [5, 5.41) is 2.86. The number of fused-ring (bicyclic) bond motifs is 1. The third-order valence-electron chi connectivity index (χ3n) is 6.19. The minimum atomic E-state index is -0.814. The number of ether oxygens (including phenoxy) is 1. The third-order valence-corrected chi connectivity index (χ3v) is 6.19. The highest BCUT2D eigenvalue weighted by Crippen LogP contribution is 2.24. The first-order chi connectivity index (χ1) is 15.0. The van der Waals surface area contributed by atoms with Gasteiger partial charge in [0.05, 0.1) is 5.92 Å². The lowest BCUT2D eigenvalue weighted by atomic mass is 9.97. The zero-order valence-corrected chi connectivity index (χ0v) is 17.8. The number of rotatable bonds is 5. The fraction of sp³-hybridized carbons (Fsp3) is 0.400. The third kappa shape index (κ3) is 4.95. The number of aryl methyl sites for hydroxylation is 2. The average molecular weight is 421 g/mol. The van der Waals surface area contributed by atoms with Gasteiger partial charge in [-0.05, 0) is 68.4 Å². The summed E-state index contributed by atoms with van der Waals surface area (Å²) < 4.78 is 5.51. The number of urea groups is 1. The molecule has 0 spiro atoms. The Kier molecular flexibility index (Phi) is 6.35. The Labute approximate surface area is 182 Å². The van der Waals surface area contributed by atoms with Crippen LogP contribution in [0.4, 0.5) is 10.5 Å². The molecule has 31 heavy (non-hydrogen) atoms. The highest BCUT2D eigenvalue weighted by Gasteiger charge is 2.31. The molecule has 2 aliphatic rings. The number of esters is 1. The van der Waals surface area contributed by atoms with Crippen molar-refractivity contribution in [1.82, 2.24) is 4.90 Å². The van der Waals surface area contributed by atoms with E-state index < -0.39 is 6.10 Å². The summed E-state index contributed by atoms with van der Waals surface area (Å²) in [6.45, 7) is 2.59. The Bertz CT molecular complexity index is 965. The first kappa shape index (κ1) is 21.1. The van der Waals surface area contributed by atoms with Crippen LogP contribution in [0.25, 0.3) is 0 Å². The van der Waals surface area contributed by atoms with Crippen LogP contribution in [-0.2, 0) is 22.4 Å². The van der Waals surface area contributed by atoms with Gasteiger partial charge in [-0.1, -0.05) is 30.3 Å². The van der Waals surface area contributed by atoms with Crippen LogP contribution in [-0.4, -0.2) is 41.9 Å². The molecular formula is C25H28N2O4. The molecule has 1 atom stereocenters. The number of amides is 2. The Morgan fingerprint density at radius 2 is 1.71 bits per heavy atom. The molecule has 4 rings (SSSR count). The van der Waals surface area contributed by atoms with Gasteiger partial charge in [0.2, 0.25) is 5.78 Å². The van der Waals surface area contributed by atoms with Crippen LogP contribution in [0.15, 0.2) is 48.5 Å². The van der Waals surface area contributed by atoms with Crippen LogP contribution in [0, 0.1) is 5.92 Å². The number of carbonyl (C=O) groups is 3. The SMILES string of the molecule is C[C@H](OC(=O)C1CCN(C(=O)Nc2ccccc2)CC1)C(=O)c1ccc2c(c1)CCC2. The van der Waals surface area contributed by atoms with E-state index in [0.717, 1.165) is 24.9 Å². The highest BCUT2D eigenvalue weighted by atomic mass is 16.5. The van der Waals surface area contributed by atoms with Crippen molar-refractivity contribution >= 4 is 23.5 Å². The fourth-order valence-electron chi connectivity index (χ4n) is 4.33. The maximum absolute atomic E-state index is 12.7. The number of para-hydroxylation sites is 1. The van der Waals surface area contributed by atoms with Gasteiger partial charge in [0, 0.05) is 24.3 Å². The summed E-state index contributed by atoms with van der Waals surface area (Å²) in [5.74, 6) is -0.816. The normalized spacial score (nSPS) is 17.0. The first-order valence-corrected chi connectivity index (χ1v) is 11.0. The minimum Gasteiger partial charge on any atom is -0.454 e. The van der Waals surface area contributed by atoms with Gasteiger partial charge in [-0.15, -0.1) is 0 Å². The van der Waals surface area contributed by atoms with Crippen LogP contribution in [0.3, 0.4) is 0 Å². The summed E-state index contributed by atoms with van der Waals surface area (Å²) >= 11 is 0. The van der Waals surface area contributed by atoms with E-state index >= 15 is 0 Å². The maximum atomic E-state index is 12.7. The number of benzene rings is 2. The van der Waals surface area contributed by atoms with Gasteiger partial charge in [0.15, 0.2) is 6.10 Å². The van der Waals surface area contributed by atoms with E-state index in [9.17, 15) is 14.4 Å². The second-order valence-corrected chi connectivity index (χ2v) is 8.34. The van der Waals surface area contributed by atoms with Crippen LogP contribution in [0.5, 0.6) is 0 Å². The molecule has 6 nitrogen and oxygen atoms in total. The molecule has 0 aromatic heterocycles. The van der Waals surface area contributed by atoms with E-state index in [0.29, 0.717) is 31.5 Å². The van der Waals surface area contributed by atoms with Crippen molar-refractivity contribution in [3.8, 4) is 0 Å². The molecule has 6 heteroatoms. The molecule has 0 bridgehead atoms. The Balaban J connectivity index is 1.26. The van der Waals surface area contributed by atoms with Crippen LogP contribution >= 0.6 is 0 Å². The van der Waals surface area contributed by atoms with E-state index in [2.05, 4.69) is 5.32 Å². The van der Waals surface area contributed by atoms with Gasteiger partial charge in [-0.25, -0.2) is 4.79 Å². The van der Waals surface area contributed by atoms with E-state index in [4.69, 9.17) is 4.74 Å². The molecule has 0 radical (unpaired) electrons.